The van der Waals surface area contributed by atoms with Crippen molar-refractivity contribution in [1.82, 2.24) is 10.9 Å². The minimum Gasteiger partial charge on any atom is -0.331 e. The van der Waals surface area contributed by atoms with E-state index in [9.17, 15) is 20.2 Å². The summed E-state index contributed by atoms with van der Waals surface area (Å²) in [6, 6.07) is 11.9. The number of hydrogen-bond donors (Lipinski definition) is 3. The monoisotopic (exact) mass is 435 g/mol. The second-order valence-corrected chi connectivity index (χ2v) is 6.49. The molecule has 0 aliphatic carbocycles. The van der Waals surface area contributed by atoms with Gasteiger partial charge in [-0.25, -0.2) is 0 Å². The molecule has 8 nitrogen and oxygen atoms in total. The smallest absolute Gasteiger partial charge is 0.280 e. The van der Waals surface area contributed by atoms with Crippen LogP contribution in [0, 0.1) is 21.4 Å². The molecule has 0 heterocycles. The summed E-state index contributed by atoms with van der Waals surface area (Å²) in [6.45, 7) is 0. The number of hydrazine groups is 1. The Morgan fingerprint density at radius 2 is 1.86 bits per heavy atom. The fraction of sp³-hybridized carbons (Fsp3) is 0. The molecule has 0 fully saturated rings. The highest BCUT2D eigenvalue weighted by Gasteiger charge is 2.11. The summed E-state index contributed by atoms with van der Waals surface area (Å²) in [5, 5.41) is 23.6. The number of carbonyl (C=O) groups is 1. The quantitative estimate of drug-likeness (QED) is 0.219. The summed E-state index contributed by atoms with van der Waals surface area (Å²) < 4.78 is 0. The van der Waals surface area contributed by atoms with Crippen LogP contribution < -0.4 is 16.2 Å². The lowest BCUT2D eigenvalue weighted by atomic mass is 10.1. The number of halogens is 2. The minimum absolute atomic E-state index is 0.0272. The first-order valence-electron chi connectivity index (χ1n) is 7.48. The lowest BCUT2D eigenvalue weighted by molar-refractivity contribution is -0.384. The predicted octanol–water partition coefficient (Wildman–Crippen LogP) is 3.83. The van der Waals surface area contributed by atoms with Crippen LogP contribution in [0.2, 0.25) is 10.0 Å². The second-order valence-electron chi connectivity index (χ2n) is 5.21. The number of anilines is 1. The zero-order valence-electron chi connectivity index (χ0n) is 13.9. The SMILES string of the molecule is N#CC(=Cc1cccc([N+](=O)[O-])c1)C(=O)NNC(=S)Nc1cc(Cl)cc(Cl)c1. The van der Waals surface area contributed by atoms with E-state index in [0.717, 1.165) is 0 Å². The van der Waals surface area contributed by atoms with Crippen LogP contribution >= 0.6 is 35.4 Å². The Bertz CT molecular complexity index is 1000. The van der Waals surface area contributed by atoms with E-state index in [2.05, 4.69) is 16.2 Å². The van der Waals surface area contributed by atoms with Crippen molar-refractivity contribution in [2.75, 3.05) is 5.32 Å². The number of nitriles is 1. The number of nitrogens with zero attached hydrogens (tertiary/aromatic N) is 2. The number of thiocarbonyl (C=S) groups is 1. The zero-order chi connectivity index (χ0) is 20.7. The summed E-state index contributed by atoms with van der Waals surface area (Å²) in [5.41, 5.74) is 5.08. The van der Waals surface area contributed by atoms with Crippen LogP contribution in [0.4, 0.5) is 11.4 Å². The molecule has 3 N–H and O–H groups in total. The fourth-order valence-electron chi connectivity index (χ4n) is 2.01. The predicted molar refractivity (Wildman–Crippen MR) is 111 cm³/mol. The molecule has 0 saturated carbocycles. The molecule has 0 aromatic heterocycles. The van der Waals surface area contributed by atoms with E-state index >= 15 is 0 Å². The van der Waals surface area contributed by atoms with Crippen LogP contribution in [0.15, 0.2) is 48.0 Å². The van der Waals surface area contributed by atoms with E-state index in [0.29, 0.717) is 21.3 Å². The Kier molecular flexibility index (Phi) is 7.28. The summed E-state index contributed by atoms with van der Waals surface area (Å²) in [6.07, 6.45) is 1.22. The molecule has 1 amide bonds. The summed E-state index contributed by atoms with van der Waals surface area (Å²) in [5.74, 6) is -0.776. The van der Waals surface area contributed by atoms with E-state index in [1.165, 1.54) is 30.3 Å². The first-order valence-corrected chi connectivity index (χ1v) is 8.64. The standard InChI is InChI=1S/C17H11Cl2N5O3S/c18-12-6-13(19)8-14(7-12)21-17(28)23-22-16(25)11(9-20)4-10-2-1-3-15(5-10)24(26)27/h1-8H,(H,22,25)(H2,21,23,28). The third kappa shape index (κ3) is 6.21. The van der Waals surface area contributed by atoms with E-state index in [4.69, 9.17) is 35.4 Å². The van der Waals surface area contributed by atoms with Crippen molar-refractivity contribution < 1.29 is 9.72 Å². The maximum atomic E-state index is 12.1. The molecular weight excluding hydrogens is 425 g/mol. The van der Waals surface area contributed by atoms with Gasteiger partial charge in [-0.05, 0) is 42.1 Å². The van der Waals surface area contributed by atoms with Crippen LogP contribution in [0.5, 0.6) is 0 Å². The largest absolute Gasteiger partial charge is 0.331 e. The molecule has 28 heavy (non-hydrogen) atoms. The first kappa shape index (κ1) is 21.1. The van der Waals surface area contributed by atoms with Gasteiger partial charge in [0.2, 0.25) is 0 Å². The molecular formula is C17H11Cl2N5O3S. The minimum atomic E-state index is -0.776. The van der Waals surface area contributed by atoms with Crippen LogP contribution in [0.25, 0.3) is 6.08 Å². The third-order valence-corrected chi connectivity index (χ3v) is 3.81. The highest BCUT2D eigenvalue weighted by Crippen LogP contribution is 2.22. The Balaban J connectivity index is 2.02. The number of rotatable bonds is 4. The van der Waals surface area contributed by atoms with Crippen molar-refractivity contribution in [2.45, 2.75) is 0 Å². The van der Waals surface area contributed by atoms with Gasteiger partial charge in [0.1, 0.15) is 11.6 Å². The Morgan fingerprint density at radius 1 is 1.18 bits per heavy atom. The number of carbonyl (C=O) groups excluding carboxylic acids is 1. The normalized spacial score (nSPS) is 10.5. The topological polar surface area (TPSA) is 120 Å². The lowest BCUT2D eigenvalue weighted by Crippen LogP contribution is -2.44. The second kappa shape index (κ2) is 9.66. The molecule has 11 heteroatoms. The number of hydrogen-bond acceptors (Lipinski definition) is 5. The number of nitro groups is 1. The van der Waals surface area contributed by atoms with Crippen molar-refractivity contribution in [2.24, 2.45) is 0 Å². The molecule has 0 aliphatic heterocycles. The van der Waals surface area contributed by atoms with Crippen molar-refractivity contribution in [1.29, 1.82) is 5.26 Å². The van der Waals surface area contributed by atoms with Gasteiger partial charge in [-0.15, -0.1) is 0 Å². The number of non-ortho nitro benzene ring substituents is 1. The van der Waals surface area contributed by atoms with Crippen LogP contribution in [-0.2, 0) is 4.79 Å². The van der Waals surface area contributed by atoms with Gasteiger partial charge in [-0.1, -0.05) is 35.3 Å². The number of nitrogens with one attached hydrogen (secondary N) is 3. The fourth-order valence-corrected chi connectivity index (χ4v) is 2.71. The van der Waals surface area contributed by atoms with Gasteiger partial charge in [0.05, 0.1) is 4.92 Å². The highest BCUT2D eigenvalue weighted by molar-refractivity contribution is 7.80. The molecule has 142 valence electrons. The molecule has 0 radical (unpaired) electrons. The van der Waals surface area contributed by atoms with E-state index in [1.54, 1.807) is 24.3 Å². The molecule has 0 spiro atoms. The molecule has 0 aliphatic rings. The van der Waals surface area contributed by atoms with Gasteiger partial charge in [0.15, 0.2) is 5.11 Å². The van der Waals surface area contributed by atoms with Crippen molar-refractivity contribution >= 4 is 63.9 Å². The molecule has 0 saturated heterocycles. The van der Waals surface area contributed by atoms with Gasteiger partial charge in [-0.3, -0.25) is 25.8 Å². The molecule has 0 bridgehead atoms. The Hall–Kier alpha value is -3.19. The number of benzene rings is 2. The van der Waals surface area contributed by atoms with Gasteiger partial charge >= 0.3 is 0 Å². The van der Waals surface area contributed by atoms with E-state index in [-0.39, 0.29) is 16.4 Å². The van der Waals surface area contributed by atoms with Gasteiger partial charge in [-0.2, -0.15) is 5.26 Å². The first-order chi connectivity index (χ1) is 13.3. The van der Waals surface area contributed by atoms with Crippen molar-refractivity contribution in [3.63, 3.8) is 0 Å². The van der Waals surface area contributed by atoms with Gasteiger partial charge < -0.3 is 5.32 Å². The van der Waals surface area contributed by atoms with E-state index in [1.807, 2.05) is 0 Å². The molecule has 2 aromatic carbocycles. The maximum absolute atomic E-state index is 12.1. The van der Waals surface area contributed by atoms with Crippen molar-refractivity contribution in [3.05, 3.63) is 73.8 Å². The molecule has 0 unspecified atom stereocenters. The lowest BCUT2D eigenvalue weighted by Gasteiger charge is -2.11. The summed E-state index contributed by atoms with van der Waals surface area (Å²) in [7, 11) is 0. The number of nitro benzene ring substituents is 1. The summed E-state index contributed by atoms with van der Waals surface area (Å²) in [4.78, 5) is 22.4. The van der Waals surface area contributed by atoms with Gasteiger partial charge in [0.25, 0.3) is 11.6 Å². The maximum Gasteiger partial charge on any atom is 0.280 e. The van der Waals surface area contributed by atoms with E-state index < -0.39 is 10.8 Å². The Morgan fingerprint density at radius 3 is 2.46 bits per heavy atom. The zero-order valence-corrected chi connectivity index (χ0v) is 16.2. The third-order valence-electron chi connectivity index (χ3n) is 3.17. The number of amides is 1. The average Bonchev–Trinajstić information content (AvgIpc) is 2.63. The molecule has 2 aromatic rings. The van der Waals surface area contributed by atoms with Crippen molar-refractivity contribution in [3.8, 4) is 6.07 Å². The molecule has 2 rings (SSSR count). The molecule has 0 atom stereocenters. The summed E-state index contributed by atoms with van der Waals surface area (Å²) >= 11 is 16.8. The van der Waals surface area contributed by atoms with Crippen LogP contribution in [0.3, 0.4) is 0 Å². The van der Waals surface area contributed by atoms with Crippen LogP contribution in [0.1, 0.15) is 5.56 Å². The highest BCUT2D eigenvalue weighted by atomic mass is 35.5. The van der Waals surface area contributed by atoms with Gasteiger partial charge in [0, 0.05) is 27.9 Å². The van der Waals surface area contributed by atoms with Crippen LogP contribution in [-0.4, -0.2) is 15.9 Å². The Labute approximate surface area is 174 Å². The average molecular weight is 436 g/mol.